The monoisotopic (exact) mass is 546 g/mol. The Hall–Kier alpha value is -3.77. The number of ether oxygens (including phenoxy) is 1. The Labute approximate surface area is 204 Å². The smallest absolute Gasteiger partial charge is 0.311 e. The van der Waals surface area contributed by atoms with Crippen LogP contribution in [-0.2, 0) is 14.8 Å². The summed E-state index contributed by atoms with van der Waals surface area (Å²) in [6.45, 7) is -0.543. The van der Waals surface area contributed by atoms with E-state index in [1.54, 1.807) is 42.5 Å². The molecule has 1 N–H and O–H groups in total. The highest BCUT2D eigenvalue weighted by Gasteiger charge is 2.27. The number of nitro groups is 1. The molecular weight excluding hydrogens is 528 g/mol. The lowest BCUT2D eigenvalue weighted by molar-refractivity contribution is -0.385. The van der Waals surface area contributed by atoms with Gasteiger partial charge in [-0.1, -0.05) is 34.1 Å². The summed E-state index contributed by atoms with van der Waals surface area (Å²) in [7, 11) is -2.73. The highest BCUT2D eigenvalue weighted by molar-refractivity contribution is 9.10. The first kappa shape index (κ1) is 24.9. The van der Waals surface area contributed by atoms with Gasteiger partial charge in [-0.2, -0.15) is 5.10 Å². The van der Waals surface area contributed by atoms with E-state index in [2.05, 4.69) is 26.5 Å². The maximum absolute atomic E-state index is 13.2. The molecule has 10 nitrogen and oxygen atoms in total. The SMILES string of the molecule is COc1ccc(/C=N\NC(=O)CN(c2ccc(Br)cc2)S(=O)(=O)c2ccccc2)cc1[N+](=O)[O-]. The average molecular weight is 547 g/mol. The fourth-order valence-electron chi connectivity index (χ4n) is 2.92. The second-order valence-electron chi connectivity index (χ2n) is 6.78. The van der Waals surface area contributed by atoms with Crippen LogP contribution in [0.15, 0.2) is 87.3 Å². The van der Waals surface area contributed by atoms with Crippen molar-refractivity contribution >= 4 is 49.4 Å². The number of benzene rings is 3. The predicted octanol–water partition coefficient (Wildman–Crippen LogP) is 3.71. The van der Waals surface area contributed by atoms with Crippen molar-refractivity contribution < 1.29 is 22.9 Å². The Kier molecular flexibility index (Phi) is 7.97. The first-order valence-corrected chi connectivity index (χ1v) is 11.9. The van der Waals surface area contributed by atoms with Gasteiger partial charge in [0.05, 0.1) is 28.8 Å². The standard InChI is InChI=1S/C22H19BrN4O6S/c1-33-21-12-7-16(13-20(21)27(29)30)14-24-25-22(28)15-26(18-10-8-17(23)9-11-18)34(31,32)19-5-3-2-4-6-19/h2-14H,15H2,1H3,(H,25,28)/b24-14-. The molecule has 0 radical (unpaired) electrons. The molecule has 0 aliphatic rings. The van der Waals surface area contributed by atoms with E-state index in [0.717, 1.165) is 8.78 Å². The number of methoxy groups -OCH3 is 1. The van der Waals surface area contributed by atoms with Crippen LogP contribution in [0.5, 0.6) is 5.75 Å². The number of nitro benzene ring substituents is 1. The molecule has 3 aromatic carbocycles. The van der Waals surface area contributed by atoms with E-state index >= 15 is 0 Å². The zero-order chi connectivity index (χ0) is 24.7. The Bertz CT molecular complexity index is 1310. The van der Waals surface area contributed by atoms with Crippen molar-refractivity contribution in [2.75, 3.05) is 18.0 Å². The lowest BCUT2D eigenvalue weighted by Gasteiger charge is -2.23. The number of carbonyl (C=O) groups excluding carboxylic acids is 1. The van der Waals surface area contributed by atoms with E-state index < -0.39 is 27.4 Å². The third-order valence-corrected chi connectivity index (χ3v) is 6.85. The first-order valence-electron chi connectivity index (χ1n) is 9.70. The van der Waals surface area contributed by atoms with Crippen LogP contribution < -0.4 is 14.5 Å². The fraction of sp³-hybridized carbons (Fsp3) is 0.0909. The molecular formula is C22H19BrN4O6S. The van der Waals surface area contributed by atoms with Gasteiger partial charge in [0, 0.05) is 16.1 Å². The number of amides is 1. The molecule has 0 saturated carbocycles. The molecule has 3 rings (SSSR count). The van der Waals surface area contributed by atoms with Crippen LogP contribution in [0.25, 0.3) is 0 Å². The van der Waals surface area contributed by atoms with Crippen molar-refractivity contribution in [1.29, 1.82) is 0 Å². The summed E-state index contributed by atoms with van der Waals surface area (Å²) in [5, 5.41) is 14.9. The number of sulfonamides is 1. The Morgan fingerprint density at radius 1 is 1.15 bits per heavy atom. The second-order valence-corrected chi connectivity index (χ2v) is 9.56. The van der Waals surface area contributed by atoms with Gasteiger partial charge in [-0.25, -0.2) is 13.8 Å². The van der Waals surface area contributed by atoms with Crippen LogP contribution >= 0.6 is 15.9 Å². The molecule has 0 atom stereocenters. The van der Waals surface area contributed by atoms with Crippen LogP contribution in [0.1, 0.15) is 5.56 Å². The molecule has 1 amide bonds. The Morgan fingerprint density at radius 3 is 2.44 bits per heavy atom. The van der Waals surface area contributed by atoms with Gasteiger partial charge in [0.15, 0.2) is 5.75 Å². The van der Waals surface area contributed by atoms with Gasteiger partial charge in [-0.15, -0.1) is 0 Å². The third-order valence-electron chi connectivity index (χ3n) is 4.54. The van der Waals surface area contributed by atoms with Crippen LogP contribution in [0.3, 0.4) is 0 Å². The van der Waals surface area contributed by atoms with Gasteiger partial charge in [-0.05, 0) is 48.5 Å². The predicted molar refractivity (Wildman–Crippen MR) is 131 cm³/mol. The molecule has 3 aromatic rings. The van der Waals surface area contributed by atoms with Crippen molar-refractivity contribution in [3.63, 3.8) is 0 Å². The topological polar surface area (TPSA) is 131 Å². The van der Waals surface area contributed by atoms with Crippen LogP contribution in [-0.4, -0.2) is 39.1 Å². The summed E-state index contributed by atoms with van der Waals surface area (Å²) < 4.78 is 33.1. The van der Waals surface area contributed by atoms with Gasteiger partial charge in [-0.3, -0.25) is 19.2 Å². The van der Waals surface area contributed by atoms with Crippen LogP contribution in [0.2, 0.25) is 0 Å². The van der Waals surface area contributed by atoms with Gasteiger partial charge >= 0.3 is 5.69 Å². The van der Waals surface area contributed by atoms with E-state index in [1.807, 2.05) is 0 Å². The zero-order valence-corrected chi connectivity index (χ0v) is 20.2. The Morgan fingerprint density at radius 2 is 1.82 bits per heavy atom. The lowest BCUT2D eigenvalue weighted by Crippen LogP contribution is -2.39. The van der Waals surface area contributed by atoms with Crippen LogP contribution in [0.4, 0.5) is 11.4 Å². The second kappa shape index (κ2) is 10.9. The van der Waals surface area contributed by atoms with Gasteiger partial charge in [0.25, 0.3) is 15.9 Å². The molecule has 12 heteroatoms. The minimum absolute atomic E-state index is 0.0276. The molecule has 0 aliphatic carbocycles. The molecule has 34 heavy (non-hydrogen) atoms. The summed E-state index contributed by atoms with van der Waals surface area (Å²) in [6.07, 6.45) is 1.21. The first-order chi connectivity index (χ1) is 16.2. The molecule has 0 saturated heterocycles. The quantitative estimate of drug-likeness (QED) is 0.247. The van der Waals surface area contributed by atoms with Gasteiger partial charge in [0.2, 0.25) is 0 Å². The number of nitrogens with zero attached hydrogens (tertiary/aromatic N) is 3. The summed E-state index contributed by atoms with van der Waals surface area (Å²) in [5.41, 5.74) is 2.63. The summed E-state index contributed by atoms with van der Waals surface area (Å²) >= 11 is 3.30. The van der Waals surface area contributed by atoms with Crippen molar-refractivity contribution in [2.45, 2.75) is 4.90 Å². The number of nitrogens with one attached hydrogen (secondary N) is 1. The molecule has 0 spiro atoms. The summed E-state index contributed by atoms with van der Waals surface area (Å²) in [4.78, 5) is 23.1. The Balaban J connectivity index is 1.81. The number of hydrogen-bond donors (Lipinski definition) is 1. The van der Waals surface area contributed by atoms with Gasteiger partial charge in [0.1, 0.15) is 6.54 Å². The molecule has 0 unspecified atom stereocenters. The minimum atomic E-state index is -4.05. The highest BCUT2D eigenvalue weighted by atomic mass is 79.9. The van der Waals surface area contributed by atoms with E-state index in [9.17, 15) is 23.3 Å². The lowest BCUT2D eigenvalue weighted by atomic mass is 10.2. The molecule has 0 bridgehead atoms. The zero-order valence-electron chi connectivity index (χ0n) is 17.8. The average Bonchev–Trinajstić information content (AvgIpc) is 2.83. The van der Waals surface area contributed by atoms with E-state index in [-0.39, 0.29) is 22.0 Å². The minimum Gasteiger partial charge on any atom is -0.490 e. The highest BCUT2D eigenvalue weighted by Crippen LogP contribution is 2.27. The summed E-state index contributed by atoms with van der Waals surface area (Å²) in [6, 6.07) is 18.4. The summed E-state index contributed by atoms with van der Waals surface area (Å²) in [5.74, 6) is -0.621. The van der Waals surface area contributed by atoms with Crippen molar-refractivity contribution in [3.8, 4) is 5.75 Å². The fourth-order valence-corrected chi connectivity index (χ4v) is 4.62. The van der Waals surface area contributed by atoms with Crippen molar-refractivity contribution in [3.05, 3.63) is 92.9 Å². The molecule has 0 aliphatic heterocycles. The number of rotatable bonds is 9. The molecule has 0 aromatic heterocycles. The number of anilines is 1. The van der Waals surface area contributed by atoms with Gasteiger partial charge < -0.3 is 4.74 Å². The van der Waals surface area contributed by atoms with Crippen molar-refractivity contribution in [2.24, 2.45) is 5.10 Å². The number of hydrazone groups is 1. The number of carbonyl (C=O) groups is 1. The number of halogens is 1. The van der Waals surface area contributed by atoms with E-state index in [4.69, 9.17) is 4.74 Å². The van der Waals surface area contributed by atoms with E-state index in [1.165, 1.54) is 43.7 Å². The molecule has 176 valence electrons. The molecule has 0 fully saturated rings. The largest absolute Gasteiger partial charge is 0.490 e. The molecule has 0 heterocycles. The third kappa shape index (κ3) is 5.97. The van der Waals surface area contributed by atoms with Crippen LogP contribution in [0, 0.1) is 10.1 Å². The maximum atomic E-state index is 13.2. The maximum Gasteiger partial charge on any atom is 0.311 e. The number of hydrogen-bond acceptors (Lipinski definition) is 7. The normalized spacial score (nSPS) is 11.2. The van der Waals surface area contributed by atoms with E-state index in [0.29, 0.717) is 5.56 Å². The van der Waals surface area contributed by atoms with Crippen molar-refractivity contribution in [1.82, 2.24) is 5.43 Å².